The number of nitrogens with one attached hydrogen (secondary N) is 1. The highest BCUT2D eigenvalue weighted by molar-refractivity contribution is 14.1. The fraction of sp³-hybridized carbons (Fsp3) is 0. The van der Waals surface area contributed by atoms with Gasteiger partial charge >= 0.3 is 0 Å². The lowest BCUT2D eigenvalue weighted by molar-refractivity contribution is 0.0954. The normalized spacial score (nSPS) is 10.8. The first-order valence-electron chi connectivity index (χ1n) is 5.75. The summed E-state index contributed by atoms with van der Waals surface area (Å²) in [5, 5.41) is 13.7. The number of carbonyl (C=O) groups is 1. The van der Waals surface area contributed by atoms with Crippen molar-refractivity contribution in [3.8, 4) is 5.75 Å². The molecular weight excluding hydrogens is 515 g/mol. The Labute approximate surface area is 152 Å². The van der Waals surface area contributed by atoms with Gasteiger partial charge in [0.15, 0.2) is 0 Å². The largest absolute Gasteiger partial charge is 0.506 e. The van der Waals surface area contributed by atoms with Gasteiger partial charge in [-0.2, -0.15) is 5.10 Å². The van der Waals surface area contributed by atoms with E-state index in [-0.39, 0.29) is 11.7 Å². The molecule has 0 atom stereocenters. The summed E-state index contributed by atoms with van der Waals surface area (Å²) in [6.45, 7) is 0. The van der Waals surface area contributed by atoms with Gasteiger partial charge < -0.3 is 5.11 Å². The molecule has 0 aliphatic carbocycles. The lowest BCUT2D eigenvalue weighted by Gasteiger charge is -2.04. The molecule has 0 heterocycles. The van der Waals surface area contributed by atoms with Crippen LogP contribution in [0, 0.1) is 3.57 Å². The van der Waals surface area contributed by atoms with E-state index in [0.29, 0.717) is 15.6 Å². The number of hydrazone groups is 1. The van der Waals surface area contributed by atoms with Crippen LogP contribution in [0.3, 0.4) is 0 Å². The summed E-state index contributed by atoms with van der Waals surface area (Å²) < 4.78 is 2.18. The molecule has 0 aromatic heterocycles. The van der Waals surface area contributed by atoms with E-state index in [0.717, 1.165) is 8.04 Å². The predicted octanol–water partition coefficient (Wildman–Crippen LogP) is 4.29. The number of hydrogen-bond donors (Lipinski definition) is 2. The van der Waals surface area contributed by atoms with Gasteiger partial charge in [0.05, 0.1) is 16.3 Å². The third kappa shape index (κ3) is 4.27. The van der Waals surface area contributed by atoms with Gasteiger partial charge in [0.2, 0.25) is 0 Å². The second-order valence-electron chi connectivity index (χ2n) is 4.00. The van der Waals surface area contributed by atoms with Crippen molar-refractivity contribution in [2.24, 2.45) is 5.10 Å². The van der Waals surface area contributed by atoms with Gasteiger partial charge in [-0.3, -0.25) is 4.79 Å². The van der Waals surface area contributed by atoms with E-state index in [2.05, 4.69) is 65.0 Å². The molecule has 7 heteroatoms. The maximum Gasteiger partial charge on any atom is 0.272 e. The van der Waals surface area contributed by atoms with Crippen LogP contribution in [0.4, 0.5) is 0 Å². The highest BCUT2D eigenvalue weighted by atomic mass is 127. The minimum Gasteiger partial charge on any atom is -0.506 e. The van der Waals surface area contributed by atoms with Crippen LogP contribution < -0.4 is 5.43 Å². The zero-order valence-corrected chi connectivity index (χ0v) is 15.8. The lowest BCUT2D eigenvalue weighted by atomic mass is 10.2. The van der Waals surface area contributed by atoms with E-state index in [1.54, 1.807) is 24.3 Å². The van der Waals surface area contributed by atoms with E-state index >= 15 is 0 Å². The Balaban J connectivity index is 2.13. The van der Waals surface area contributed by atoms with Crippen molar-refractivity contribution in [2.75, 3.05) is 0 Å². The summed E-state index contributed by atoms with van der Waals surface area (Å²) in [6.07, 6.45) is 1.39. The van der Waals surface area contributed by atoms with Crippen molar-refractivity contribution < 1.29 is 9.90 Å². The molecule has 108 valence electrons. The molecular formula is C14H9Br2IN2O2. The number of aromatic hydroxyl groups is 1. The standard InChI is InChI=1S/C14H9Br2IN2O2/c15-9-5-8(13(20)11(16)6-9)7-18-19-14(21)10-3-1-2-4-12(10)17/h1-7,20H,(H,19,21)/b18-7-. The first kappa shape index (κ1) is 16.4. The number of rotatable bonds is 3. The first-order valence-corrected chi connectivity index (χ1v) is 8.41. The number of benzene rings is 2. The molecule has 0 radical (unpaired) electrons. The first-order chi connectivity index (χ1) is 9.99. The Morgan fingerprint density at radius 2 is 2.00 bits per heavy atom. The summed E-state index contributed by atoms with van der Waals surface area (Å²) in [4.78, 5) is 12.0. The van der Waals surface area contributed by atoms with Gasteiger partial charge in [-0.1, -0.05) is 28.1 Å². The van der Waals surface area contributed by atoms with Gasteiger partial charge in [-0.25, -0.2) is 5.43 Å². The zero-order chi connectivity index (χ0) is 15.4. The Morgan fingerprint density at radius 1 is 1.29 bits per heavy atom. The molecule has 0 bridgehead atoms. The van der Waals surface area contributed by atoms with E-state index < -0.39 is 0 Å². The van der Waals surface area contributed by atoms with Crippen LogP contribution in [0.2, 0.25) is 0 Å². The Morgan fingerprint density at radius 3 is 2.71 bits per heavy atom. The average Bonchev–Trinajstić information content (AvgIpc) is 2.44. The van der Waals surface area contributed by atoms with Crippen LogP contribution in [0.15, 0.2) is 50.4 Å². The maximum absolute atomic E-state index is 12.0. The minimum atomic E-state index is -0.301. The van der Waals surface area contributed by atoms with Gasteiger partial charge in [-0.15, -0.1) is 0 Å². The number of amides is 1. The summed E-state index contributed by atoms with van der Waals surface area (Å²) in [5.41, 5.74) is 3.47. The molecule has 2 aromatic rings. The number of carbonyl (C=O) groups excluding carboxylic acids is 1. The molecule has 2 rings (SSSR count). The molecule has 0 saturated carbocycles. The van der Waals surface area contributed by atoms with Crippen LogP contribution in [-0.4, -0.2) is 17.2 Å². The average molecular weight is 524 g/mol. The Hall–Kier alpha value is -0.930. The van der Waals surface area contributed by atoms with Crippen molar-refractivity contribution in [3.63, 3.8) is 0 Å². The molecule has 0 fully saturated rings. The number of hydrogen-bond acceptors (Lipinski definition) is 3. The van der Waals surface area contributed by atoms with Crippen LogP contribution in [-0.2, 0) is 0 Å². The summed E-state index contributed by atoms with van der Waals surface area (Å²) in [7, 11) is 0. The Kier molecular flexibility index (Phi) is 5.77. The molecule has 2 N–H and O–H groups in total. The van der Waals surface area contributed by atoms with Crippen molar-refractivity contribution in [1.29, 1.82) is 0 Å². The van der Waals surface area contributed by atoms with E-state index in [1.807, 2.05) is 12.1 Å². The molecule has 0 aliphatic heterocycles. The molecule has 1 amide bonds. The number of nitrogens with zero attached hydrogens (tertiary/aromatic N) is 1. The number of phenols is 1. The molecule has 0 aliphatic rings. The number of halogens is 3. The molecule has 21 heavy (non-hydrogen) atoms. The van der Waals surface area contributed by atoms with Crippen LogP contribution in [0.1, 0.15) is 15.9 Å². The highest BCUT2D eigenvalue weighted by Gasteiger charge is 2.08. The van der Waals surface area contributed by atoms with E-state index in [4.69, 9.17) is 0 Å². The monoisotopic (exact) mass is 522 g/mol. The topological polar surface area (TPSA) is 61.7 Å². The van der Waals surface area contributed by atoms with Gasteiger partial charge in [0.1, 0.15) is 5.75 Å². The predicted molar refractivity (Wildman–Crippen MR) is 97.7 cm³/mol. The third-order valence-corrected chi connectivity index (χ3v) is 4.55. The smallest absolute Gasteiger partial charge is 0.272 e. The van der Waals surface area contributed by atoms with Gasteiger partial charge in [0, 0.05) is 13.6 Å². The molecule has 0 saturated heterocycles. The van der Waals surface area contributed by atoms with Gasteiger partial charge in [-0.05, 0) is 62.8 Å². The van der Waals surface area contributed by atoms with E-state index in [1.165, 1.54) is 6.21 Å². The van der Waals surface area contributed by atoms with Crippen molar-refractivity contribution in [3.05, 3.63) is 60.0 Å². The van der Waals surface area contributed by atoms with Crippen LogP contribution in [0.5, 0.6) is 5.75 Å². The second kappa shape index (κ2) is 7.37. The summed E-state index contributed by atoms with van der Waals surface area (Å²) in [6, 6.07) is 10.6. The third-order valence-electron chi connectivity index (χ3n) is 2.55. The molecule has 0 unspecified atom stereocenters. The van der Waals surface area contributed by atoms with Crippen LogP contribution >= 0.6 is 54.5 Å². The summed E-state index contributed by atoms with van der Waals surface area (Å²) in [5.74, 6) is -0.240. The minimum absolute atomic E-state index is 0.0606. The van der Waals surface area contributed by atoms with Crippen molar-refractivity contribution in [1.82, 2.24) is 5.43 Å². The number of phenolic OH excluding ortho intramolecular Hbond substituents is 1. The SMILES string of the molecule is O=C(N/N=C\c1cc(Br)cc(Br)c1O)c1ccccc1I. The zero-order valence-electron chi connectivity index (χ0n) is 10.5. The highest BCUT2D eigenvalue weighted by Crippen LogP contribution is 2.30. The summed E-state index contributed by atoms with van der Waals surface area (Å²) >= 11 is 8.64. The maximum atomic E-state index is 12.0. The molecule has 2 aromatic carbocycles. The van der Waals surface area contributed by atoms with E-state index in [9.17, 15) is 9.90 Å². The molecule has 0 spiro atoms. The van der Waals surface area contributed by atoms with Crippen molar-refractivity contribution in [2.45, 2.75) is 0 Å². The fourth-order valence-electron chi connectivity index (χ4n) is 1.55. The molecule has 4 nitrogen and oxygen atoms in total. The van der Waals surface area contributed by atoms with Crippen molar-refractivity contribution >= 4 is 66.6 Å². The van der Waals surface area contributed by atoms with Gasteiger partial charge in [0.25, 0.3) is 5.91 Å². The lowest BCUT2D eigenvalue weighted by Crippen LogP contribution is -2.18. The quantitative estimate of drug-likeness (QED) is 0.358. The fourth-order valence-corrected chi connectivity index (χ4v) is 3.44. The Bertz CT molecular complexity index is 720. The van der Waals surface area contributed by atoms with Crippen LogP contribution in [0.25, 0.3) is 0 Å². The second-order valence-corrected chi connectivity index (χ2v) is 6.94.